The number of nitrogens with one attached hydrogen (secondary N) is 1. The Bertz CT molecular complexity index is 1130. The van der Waals surface area contributed by atoms with E-state index in [0.717, 1.165) is 18.7 Å². The van der Waals surface area contributed by atoms with Crippen LogP contribution in [0.1, 0.15) is 61.5 Å². The van der Waals surface area contributed by atoms with Crippen molar-refractivity contribution in [3.63, 3.8) is 0 Å². The van der Waals surface area contributed by atoms with Crippen molar-refractivity contribution in [2.75, 3.05) is 19.6 Å². The first-order valence-corrected chi connectivity index (χ1v) is 14.0. The number of carbonyl (C=O) groups excluding carboxylic acids is 1. The minimum Gasteiger partial charge on any atom is -0.373 e. The summed E-state index contributed by atoms with van der Waals surface area (Å²) < 4.78 is 33.6. The van der Waals surface area contributed by atoms with E-state index in [4.69, 9.17) is 4.74 Å². The van der Waals surface area contributed by atoms with E-state index >= 15 is 0 Å². The Labute approximate surface area is 209 Å². The van der Waals surface area contributed by atoms with E-state index in [1.165, 1.54) is 35.2 Å². The zero-order valence-electron chi connectivity index (χ0n) is 20.9. The lowest BCUT2D eigenvalue weighted by atomic mass is 10.0. The number of hydrogen-bond acceptors (Lipinski definition) is 5. The predicted octanol–water partition coefficient (Wildman–Crippen LogP) is 3.79. The molecule has 190 valence electrons. The molecule has 3 atom stereocenters. The van der Waals surface area contributed by atoms with Crippen molar-refractivity contribution < 1.29 is 17.9 Å². The van der Waals surface area contributed by atoms with Crippen molar-refractivity contribution in [2.45, 2.75) is 76.3 Å². The number of amides is 1. The van der Waals surface area contributed by atoms with E-state index in [1.807, 2.05) is 32.0 Å². The van der Waals surface area contributed by atoms with Gasteiger partial charge >= 0.3 is 0 Å². The van der Waals surface area contributed by atoms with Crippen LogP contribution in [0.4, 0.5) is 0 Å². The van der Waals surface area contributed by atoms with Crippen LogP contribution >= 0.6 is 0 Å². The first-order valence-electron chi connectivity index (χ1n) is 12.6. The summed E-state index contributed by atoms with van der Waals surface area (Å²) in [5.41, 5.74) is 2.63. The first-order chi connectivity index (χ1) is 16.7. The van der Waals surface area contributed by atoms with Crippen LogP contribution in [0.15, 0.2) is 53.4 Å². The van der Waals surface area contributed by atoms with Crippen LogP contribution < -0.4 is 5.32 Å². The Kier molecular flexibility index (Phi) is 8.27. The highest BCUT2D eigenvalue weighted by Gasteiger charge is 2.32. The number of ether oxygens (including phenoxy) is 1. The molecule has 1 amide bonds. The van der Waals surface area contributed by atoms with Crippen molar-refractivity contribution in [2.24, 2.45) is 0 Å². The highest BCUT2D eigenvalue weighted by molar-refractivity contribution is 7.89. The molecule has 0 bridgehead atoms. The van der Waals surface area contributed by atoms with Crippen LogP contribution in [-0.4, -0.2) is 61.4 Å². The van der Waals surface area contributed by atoms with E-state index in [-0.39, 0.29) is 23.0 Å². The van der Waals surface area contributed by atoms with Gasteiger partial charge in [-0.05, 0) is 69.5 Å². The Hall–Kier alpha value is -2.26. The average molecular weight is 500 g/mol. The molecule has 1 N–H and O–H groups in total. The summed E-state index contributed by atoms with van der Waals surface area (Å²) in [5.74, 6) is -0.285. The Balaban J connectivity index is 1.44. The van der Waals surface area contributed by atoms with Crippen molar-refractivity contribution in [1.82, 2.24) is 14.5 Å². The van der Waals surface area contributed by atoms with Gasteiger partial charge in [-0.1, -0.05) is 36.8 Å². The van der Waals surface area contributed by atoms with Crippen molar-refractivity contribution >= 4 is 15.9 Å². The fraction of sp³-hybridized carbons (Fsp3) is 0.519. The van der Waals surface area contributed by atoms with Gasteiger partial charge in [0.1, 0.15) is 0 Å². The van der Waals surface area contributed by atoms with Crippen molar-refractivity contribution in [3.05, 3.63) is 65.2 Å². The lowest BCUT2D eigenvalue weighted by Gasteiger charge is -2.34. The van der Waals surface area contributed by atoms with Gasteiger partial charge in [-0.15, -0.1) is 0 Å². The molecular formula is C27H37N3O4S. The van der Waals surface area contributed by atoms with Gasteiger partial charge in [0, 0.05) is 37.8 Å². The topological polar surface area (TPSA) is 79.0 Å². The molecule has 2 aromatic rings. The molecule has 4 rings (SSSR count). The van der Waals surface area contributed by atoms with E-state index in [2.05, 4.69) is 23.2 Å². The van der Waals surface area contributed by atoms with Crippen LogP contribution in [-0.2, 0) is 27.8 Å². The molecule has 2 saturated heterocycles. The summed E-state index contributed by atoms with van der Waals surface area (Å²) in [4.78, 5) is 15.6. The monoisotopic (exact) mass is 499 g/mol. The highest BCUT2D eigenvalue weighted by atomic mass is 32.2. The van der Waals surface area contributed by atoms with Gasteiger partial charge in [-0.2, -0.15) is 4.31 Å². The molecule has 0 radical (unpaired) electrons. The lowest BCUT2D eigenvalue weighted by molar-refractivity contribution is -0.0440. The lowest BCUT2D eigenvalue weighted by Crippen LogP contribution is -2.48. The number of likely N-dealkylation sites (tertiary alicyclic amines) is 1. The fourth-order valence-electron chi connectivity index (χ4n) is 5.05. The van der Waals surface area contributed by atoms with Crippen LogP contribution in [0.5, 0.6) is 0 Å². The van der Waals surface area contributed by atoms with Crippen LogP contribution in [0.2, 0.25) is 0 Å². The zero-order chi connectivity index (χ0) is 25.0. The summed E-state index contributed by atoms with van der Waals surface area (Å²) >= 11 is 0. The molecule has 2 aliphatic heterocycles. The van der Waals surface area contributed by atoms with E-state index in [0.29, 0.717) is 31.2 Å². The summed E-state index contributed by atoms with van der Waals surface area (Å²) in [7, 11) is -3.71. The number of nitrogens with zero attached hydrogens (tertiary/aromatic N) is 2. The molecule has 0 aromatic heterocycles. The second kappa shape index (κ2) is 11.2. The molecule has 2 aliphatic rings. The molecule has 2 heterocycles. The Morgan fingerprint density at radius 3 is 2.43 bits per heavy atom. The second-order valence-corrected chi connectivity index (χ2v) is 11.8. The van der Waals surface area contributed by atoms with Crippen LogP contribution in [0.25, 0.3) is 0 Å². The molecule has 35 heavy (non-hydrogen) atoms. The minimum atomic E-state index is -3.71. The molecule has 0 saturated carbocycles. The third-order valence-corrected chi connectivity index (χ3v) is 8.82. The maximum atomic E-state index is 13.2. The summed E-state index contributed by atoms with van der Waals surface area (Å²) in [6, 6.07) is 15.1. The van der Waals surface area contributed by atoms with E-state index in [1.54, 1.807) is 18.2 Å². The smallest absolute Gasteiger partial charge is 0.251 e. The number of hydrogen-bond donors (Lipinski definition) is 1. The maximum Gasteiger partial charge on any atom is 0.251 e. The van der Waals surface area contributed by atoms with Gasteiger partial charge in [0.15, 0.2) is 0 Å². The zero-order valence-corrected chi connectivity index (χ0v) is 21.8. The third-order valence-electron chi connectivity index (χ3n) is 6.99. The average Bonchev–Trinajstić information content (AvgIpc) is 2.84. The third kappa shape index (κ3) is 6.30. The largest absolute Gasteiger partial charge is 0.373 e. The molecule has 8 heteroatoms. The number of piperidine rings is 1. The van der Waals surface area contributed by atoms with Gasteiger partial charge in [-0.25, -0.2) is 8.42 Å². The second-order valence-electron chi connectivity index (χ2n) is 9.87. The standard InChI is InChI=1S/C27H37N3O4S/c1-20-9-6-7-14-29(20)19-25-11-5-4-10-24(25)16-28-27(31)23-12-8-13-26(15-23)35(32,33)30-17-21(2)34-22(3)18-30/h4-5,8,10-13,15,20-22H,6-7,9,14,16-19H2,1-3H3,(H,28,31)/t20-,21-,22+/m0/s1. The fourth-order valence-corrected chi connectivity index (χ4v) is 6.68. The van der Waals surface area contributed by atoms with Gasteiger partial charge < -0.3 is 10.1 Å². The van der Waals surface area contributed by atoms with E-state index in [9.17, 15) is 13.2 Å². The van der Waals surface area contributed by atoms with Gasteiger partial charge in [-0.3, -0.25) is 9.69 Å². The molecule has 0 aliphatic carbocycles. The molecule has 2 aromatic carbocycles. The Morgan fingerprint density at radius 1 is 1.00 bits per heavy atom. The van der Waals surface area contributed by atoms with Crippen molar-refractivity contribution in [1.29, 1.82) is 0 Å². The minimum absolute atomic E-state index is 0.130. The van der Waals surface area contributed by atoms with Crippen LogP contribution in [0.3, 0.4) is 0 Å². The number of benzene rings is 2. The van der Waals surface area contributed by atoms with Crippen LogP contribution in [0, 0.1) is 0 Å². The summed E-state index contributed by atoms with van der Waals surface area (Å²) in [5, 5.41) is 2.99. The number of morpholine rings is 1. The number of rotatable bonds is 7. The predicted molar refractivity (Wildman–Crippen MR) is 137 cm³/mol. The molecule has 2 fully saturated rings. The summed E-state index contributed by atoms with van der Waals surface area (Å²) in [6.07, 6.45) is 3.39. The van der Waals surface area contributed by atoms with Gasteiger partial charge in [0.05, 0.1) is 17.1 Å². The maximum absolute atomic E-state index is 13.2. The van der Waals surface area contributed by atoms with E-state index < -0.39 is 10.0 Å². The quantitative estimate of drug-likeness (QED) is 0.627. The SMILES string of the molecule is C[C@@H]1CN(S(=O)(=O)c2cccc(C(=O)NCc3ccccc3CN3CCCC[C@@H]3C)c2)C[C@H](C)O1. The molecule has 0 unspecified atom stereocenters. The molecular weight excluding hydrogens is 462 g/mol. The summed E-state index contributed by atoms with van der Waals surface area (Å²) in [6.45, 7) is 8.99. The number of carbonyl (C=O) groups is 1. The number of sulfonamides is 1. The van der Waals surface area contributed by atoms with Gasteiger partial charge in [0.2, 0.25) is 10.0 Å². The highest BCUT2D eigenvalue weighted by Crippen LogP contribution is 2.23. The normalized spacial score (nSPS) is 24.3. The Morgan fingerprint density at radius 2 is 1.71 bits per heavy atom. The van der Waals surface area contributed by atoms with Gasteiger partial charge in [0.25, 0.3) is 5.91 Å². The van der Waals surface area contributed by atoms with Crippen molar-refractivity contribution in [3.8, 4) is 0 Å². The molecule has 7 nitrogen and oxygen atoms in total. The first kappa shape index (κ1) is 25.8. The molecule has 0 spiro atoms.